The first kappa shape index (κ1) is 16.6. The molecule has 1 aliphatic heterocycles. The normalized spacial score (nSPS) is 21.8. The van der Waals surface area contributed by atoms with E-state index in [9.17, 15) is 0 Å². The Kier molecular flexibility index (Phi) is 5.18. The summed E-state index contributed by atoms with van der Waals surface area (Å²) in [7, 11) is 1.85. The molecule has 1 fully saturated rings. The highest BCUT2D eigenvalue weighted by molar-refractivity contribution is 5.80. The number of imidazole rings is 1. The Labute approximate surface area is 144 Å². The second-order valence-corrected chi connectivity index (χ2v) is 6.86. The van der Waals surface area contributed by atoms with Crippen LogP contribution in [0.4, 0.5) is 0 Å². The molecular weight excluding hydrogens is 298 g/mol. The van der Waals surface area contributed by atoms with E-state index < -0.39 is 0 Å². The molecule has 2 unspecified atom stereocenters. The van der Waals surface area contributed by atoms with Crippen LogP contribution in [0.1, 0.15) is 26.1 Å². The van der Waals surface area contributed by atoms with Crippen LogP contribution in [0.3, 0.4) is 0 Å². The van der Waals surface area contributed by atoms with Crippen LogP contribution < -0.4 is 5.32 Å². The first-order valence-corrected chi connectivity index (χ1v) is 8.70. The molecule has 2 heterocycles. The van der Waals surface area contributed by atoms with Gasteiger partial charge in [-0.25, -0.2) is 4.98 Å². The van der Waals surface area contributed by atoms with E-state index in [1.807, 2.05) is 31.4 Å². The molecule has 5 heteroatoms. The fraction of sp³-hybridized carbons (Fsp3) is 0.474. The quantitative estimate of drug-likeness (QED) is 0.673. The van der Waals surface area contributed by atoms with Crippen LogP contribution in [0.5, 0.6) is 0 Å². The van der Waals surface area contributed by atoms with Crippen LogP contribution in [0, 0.1) is 11.8 Å². The maximum Gasteiger partial charge on any atom is 0.194 e. The highest BCUT2D eigenvalue weighted by atomic mass is 15.3. The molecule has 0 bridgehead atoms. The fourth-order valence-corrected chi connectivity index (χ4v) is 3.55. The number of nitrogens with one attached hydrogen (secondary N) is 2. The number of piperidine rings is 1. The van der Waals surface area contributed by atoms with Crippen molar-refractivity contribution >= 4 is 5.96 Å². The molecule has 1 aliphatic rings. The minimum Gasteiger partial charge on any atom is -0.349 e. The number of rotatable bonds is 3. The number of guanidine groups is 1. The number of aromatic amines is 1. The Morgan fingerprint density at radius 2 is 1.96 bits per heavy atom. The van der Waals surface area contributed by atoms with E-state index in [-0.39, 0.29) is 0 Å². The summed E-state index contributed by atoms with van der Waals surface area (Å²) in [6.45, 7) is 7.41. The van der Waals surface area contributed by atoms with Crippen molar-refractivity contribution in [1.29, 1.82) is 0 Å². The van der Waals surface area contributed by atoms with E-state index in [1.165, 1.54) is 6.42 Å². The lowest BCUT2D eigenvalue weighted by Crippen LogP contribution is -2.48. The molecule has 3 rings (SSSR count). The van der Waals surface area contributed by atoms with Crippen LogP contribution in [0.25, 0.3) is 11.3 Å². The summed E-state index contributed by atoms with van der Waals surface area (Å²) in [6.07, 6.45) is 3.19. The zero-order chi connectivity index (χ0) is 16.9. The van der Waals surface area contributed by atoms with Gasteiger partial charge in [-0.05, 0) is 23.8 Å². The fourth-order valence-electron chi connectivity index (χ4n) is 3.55. The number of benzene rings is 1. The summed E-state index contributed by atoms with van der Waals surface area (Å²) in [6, 6.07) is 10.3. The maximum atomic E-state index is 4.48. The minimum absolute atomic E-state index is 0.652. The third kappa shape index (κ3) is 3.96. The molecule has 24 heavy (non-hydrogen) atoms. The molecule has 0 amide bonds. The number of hydrogen-bond acceptors (Lipinski definition) is 2. The van der Waals surface area contributed by atoms with Crippen LogP contribution >= 0.6 is 0 Å². The Bertz CT molecular complexity index is 666. The van der Waals surface area contributed by atoms with Crippen molar-refractivity contribution in [1.82, 2.24) is 20.2 Å². The second-order valence-electron chi connectivity index (χ2n) is 6.86. The largest absolute Gasteiger partial charge is 0.349 e. The molecule has 2 aromatic rings. The molecule has 1 aromatic carbocycles. The van der Waals surface area contributed by atoms with Crippen molar-refractivity contribution in [2.75, 3.05) is 20.1 Å². The monoisotopic (exact) mass is 325 g/mol. The van der Waals surface area contributed by atoms with Gasteiger partial charge < -0.3 is 15.2 Å². The van der Waals surface area contributed by atoms with Crippen LogP contribution in [0.2, 0.25) is 0 Å². The Morgan fingerprint density at radius 1 is 1.25 bits per heavy atom. The van der Waals surface area contributed by atoms with Gasteiger partial charge in [0.05, 0.1) is 18.4 Å². The van der Waals surface area contributed by atoms with E-state index in [1.54, 1.807) is 0 Å². The number of aliphatic imine (C=N–C) groups is 1. The zero-order valence-electron chi connectivity index (χ0n) is 14.8. The Balaban J connectivity index is 1.61. The summed E-state index contributed by atoms with van der Waals surface area (Å²) in [5, 5.41) is 3.44. The van der Waals surface area contributed by atoms with Crippen LogP contribution in [-0.4, -0.2) is 41.0 Å². The van der Waals surface area contributed by atoms with Crippen LogP contribution in [0.15, 0.2) is 41.5 Å². The van der Waals surface area contributed by atoms with E-state index in [2.05, 4.69) is 51.2 Å². The summed E-state index contributed by atoms with van der Waals surface area (Å²) < 4.78 is 0. The lowest BCUT2D eigenvalue weighted by molar-refractivity contribution is 0.208. The zero-order valence-corrected chi connectivity index (χ0v) is 14.8. The Hall–Kier alpha value is -2.30. The number of aromatic nitrogens is 2. The second kappa shape index (κ2) is 7.51. The molecule has 2 atom stereocenters. The lowest BCUT2D eigenvalue weighted by atomic mass is 9.92. The first-order valence-electron chi connectivity index (χ1n) is 8.70. The van der Waals surface area contributed by atoms with Crippen molar-refractivity contribution in [3.05, 3.63) is 42.4 Å². The summed E-state index contributed by atoms with van der Waals surface area (Å²) in [5.74, 6) is 3.31. The summed E-state index contributed by atoms with van der Waals surface area (Å²) >= 11 is 0. The van der Waals surface area contributed by atoms with Gasteiger partial charge in [0.15, 0.2) is 5.96 Å². The van der Waals surface area contributed by atoms with E-state index >= 15 is 0 Å². The summed E-state index contributed by atoms with van der Waals surface area (Å²) in [4.78, 5) is 14.7. The molecule has 5 nitrogen and oxygen atoms in total. The van der Waals surface area contributed by atoms with Gasteiger partial charge in [0.1, 0.15) is 5.82 Å². The molecule has 0 radical (unpaired) electrons. The van der Waals surface area contributed by atoms with Gasteiger partial charge in [0.25, 0.3) is 0 Å². The lowest BCUT2D eigenvalue weighted by Gasteiger charge is -2.37. The SMILES string of the molecule is CN=C(NCc1ncc(-c2ccccc2)[nH]1)N1CC(C)CC(C)C1. The smallest absolute Gasteiger partial charge is 0.194 e. The van der Waals surface area contributed by atoms with Crippen molar-refractivity contribution in [2.45, 2.75) is 26.8 Å². The topological polar surface area (TPSA) is 56.3 Å². The highest BCUT2D eigenvalue weighted by Crippen LogP contribution is 2.21. The number of H-pyrrole nitrogens is 1. The molecule has 0 saturated carbocycles. The van der Waals surface area contributed by atoms with Gasteiger partial charge in [0, 0.05) is 20.1 Å². The van der Waals surface area contributed by atoms with E-state index in [0.29, 0.717) is 18.4 Å². The highest BCUT2D eigenvalue weighted by Gasteiger charge is 2.24. The average molecular weight is 325 g/mol. The van der Waals surface area contributed by atoms with Crippen LogP contribution in [-0.2, 0) is 6.54 Å². The Morgan fingerprint density at radius 3 is 2.62 bits per heavy atom. The molecule has 0 aliphatic carbocycles. The van der Waals surface area contributed by atoms with Gasteiger partial charge >= 0.3 is 0 Å². The first-order chi connectivity index (χ1) is 11.7. The third-order valence-corrected chi connectivity index (χ3v) is 4.51. The van der Waals surface area contributed by atoms with Gasteiger partial charge in [-0.3, -0.25) is 4.99 Å². The predicted octanol–water partition coefficient (Wildman–Crippen LogP) is 3.13. The molecule has 128 valence electrons. The number of nitrogens with zero attached hydrogens (tertiary/aromatic N) is 3. The molecule has 0 spiro atoms. The average Bonchev–Trinajstić information content (AvgIpc) is 3.04. The molecule has 1 saturated heterocycles. The number of likely N-dealkylation sites (tertiary alicyclic amines) is 1. The third-order valence-electron chi connectivity index (χ3n) is 4.51. The van der Waals surface area contributed by atoms with E-state index in [4.69, 9.17) is 0 Å². The number of hydrogen-bond donors (Lipinski definition) is 2. The van der Waals surface area contributed by atoms with Gasteiger partial charge in [-0.1, -0.05) is 44.2 Å². The molecular formula is C19H27N5. The van der Waals surface area contributed by atoms with Gasteiger partial charge in [-0.15, -0.1) is 0 Å². The predicted molar refractivity (Wildman–Crippen MR) is 98.7 cm³/mol. The van der Waals surface area contributed by atoms with Crippen molar-refractivity contribution in [3.8, 4) is 11.3 Å². The van der Waals surface area contributed by atoms with Crippen molar-refractivity contribution in [2.24, 2.45) is 16.8 Å². The standard InChI is InChI=1S/C19H27N5/c1-14-9-15(2)13-24(12-14)19(20-3)22-11-18-21-10-17(23-18)16-7-5-4-6-8-16/h4-8,10,14-15H,9,11-13H2,1-3H3,(H,20,22)(H,21,23). The van der Waals surface area contributed by atoms with Crippen molar-refractivity contribution in [3.63, 3.8) is 0 Å². The van der Waals surface area contributed by atoms with E-state index in [0.717, 1.165) is 36.1 Å². The van der Waals surface area contributed by atoms with Gasteiger partial charge in [0.2, 0.25) is 0 Å². The van der Waals surface area contributed by atoms with Crippen molar-refractivity contribution < 1.29 is 0 Å². The van der Waals surface area contributed by atoms with Gasteiger partial charge in [-0.2, -0.15) is 0 Å². The minimum atomic E-state index is 0.652. The summed E-state index contributed by atoms with van der Waals surface area (Å²) in [5.41, 5.74) is 2.20. The molecule has 2 N–H and O–H groups in total. The maximum absolute atomic E-state index is 4.48. The molecule has 1 aromatic heterocycles.